The van der Waals surface area contributed by atoms with Gasteiger partial charge in [0.25, 0.3) is 5.91 Å². The molecule has 1 saturated heterocycles. The standard InChI is InChI=1S/C31H39ClFN5O4/c1-4-6-12-38(13-7-5-2)31(40)21-10-14-37(15-11-21)29(39)19-42-28-17-23-26(18-27(28)41-3)34-20-35-30(23)36-22-8-9-25(33)24(32)16-22/h8-9,16-18,20-21H,4-7,10-15,19H2,1-3H3,(H,34,35,36). The molecular formula is C31H39ClFN5O4. The number of ether oxygens (including phenoxy) is 2. The van der Waals surface area contributed by atoms with Gasteiger partial charge in [-0.3, -0.25) is 9.59 Å². The van der Waals surface area contributed by atoms with Crippen LogP contribution in [0.2, 0.25) is 5.02 Å². The van der Waals surface area contributed by atoms with Crippen molar-refractivity contribution in [2.45, 2.75) is 52.4 Å². The number of nitrogens with one attached hydrogen (secondary N) is 1. The molecule has 9 nitrogen and oxygen atoms in total. The molecule has 0 radical (unpaired) electrons. The van der Waals surface area contributed by atoms with Crippen LogP contribution in [-0.4, -0.2) is 71.5 Å². The summed E-state index contributed by atoms with van der Waals surface area (Å²) in [6, 6.07) is 7.71. The molecule has 1 N–H and O–H groups in total. The number of carbonyl (C=O) groups excluding carboxylic acids is 2. The molecule has 0 bridgehead atoms. The molecule has 1 fully saturated rings. The van der Waals surface area contributed by atoms with Gasteiger partial charge in [0.1, 0.15) is 18.0 Å². The number of fused-ring (bicyclic) bond motifs is 1. The largest absolute Gasteiger partial charge is 0.493 e. The number of methoxy groups -OCH3 is 1. The molecule has 226 valence electrons. The molecule has 2 amide bonds. The van der Waals surface area contributed by atoms with Crippen LogP contribution in [0.1, 0.15) is 52.4 Å². The number of rotatable bonds is 13. The molecule has 0 saturated carbocycles. The first kappa shape index (κ1) is 31.3. The van der Waals surface area contributed by atoms with Crippen molar-refractivity contribution in [3.05, 3.63) is 47.5 Å². The Morgan fingerprint density at radius 3 is 2.43 bits per heavy atom. The first-order valence-electron chi connectivity index (χ1n) is 14.6. The lowest BCUT2D eigenvalue weighted by atomic mass is 9.95. The summed E-state index contributed by atoms with van der Waals surface area (Å²) >= 11 is 5.93. The van der Waals surface area contributed by atoms with Crippen LogP contribution < -0.4 is 14.8 Å². The summed E-state index contributed by atoms with van der Waals surface area (Å²) in [7, 11) is 1.52. The highest BCUT2D eigenvalue weighted by molar-refractivity contribution is 6.31. The van der Waals surface area contributed by atoms with Crippen molar-refractivity contribution in [3.63, 3.8) is 0 Å². The summed E-state index contributed by atoms with van der Waals surface area (Å²) in [6.45, 7) is 6.73. The lowest BCUT2D eigenvalue weighted by Crippen LogP contribution is -2.46. The van der Waals surface area contributed by atoms with Crippen LogP contribution >= 0.6 is 11.6 Å². The summed E-state index contributed by atoms with van der Waals surface area (Å²) in [4.78, 5) is 38.7. The highest BCUT2D eigenvalue weighted by atomic mass is 35.5. The van der Waals surface area contributed by atoms with Crippen LogP contribution in [0, 0.1) is 11.7 Å². The van der Waals surface area contributed by atoms with Crippen molar-refractivity contribution < 1.29 is 23.5 Å². The fourth-order valence-corrected chi connectivity index (χ4v) is 5.22. The van der Waals surface area contributed by atoms with E-state index in [0.717, 1.165) is 38.8 Å². The quantitative estimate of drug-likeness (QED) is 0.249. The molecule has 2 aromatic carbocycles. The van der Waals surface area contributed by atoms with Crippen LogP contribution in [0.15, 0.2) is 36.7 Å². The molecule has 42 heavy (non-hydrogen) atoms. The Balaban J connectivity index is 1.40. The second-order valence-corrected chi connectivity index (χ2v) is 10.9. The number of hydrogen-bond acceptors (Lipinski definition) is 7. The van der Waals surface area contributed by atoms with E-state index >= 15 is 0 Å². The lowest BCUT2D eigenvalue weighted by Gasteiger charge is -2.34. The summed E-state index contributed by atoms with van der Waals surface area (Å²) < 4.78 is 25.1. The van der Waals surface area contributed by atoms with E-state index in [2.05, 4.69) is 29.1 Å². The molecule has 0 aliphatic carbocycles. The van der Waals surface area contributed by atoms with E-state index in [9.17, 15) is 14.0 Å². The molecule has 2 heterocycles. The zero-order valence-corrected chi connectivity index (χ0v) is 25.3. The normalized spacial score (nSPS) is 13.7. The second-order valence-electron chi connectivity index (χ2n) is 10.5. The van der Waals surface area contributed by atoms with Crippen molar-refractivity contribution in [3.8, 4) is 11.5 Å². The molecule has 11 heteroatoms. The van der Waals surface area contributed by atoms with Gasteiger partial charge in [0.15, 0.2) is 18.1 Å². The van der Waals surface area contributed by atoms with Crippen LogP contribution in [-0.2, 0) is 9.59 Å². The van der Waals surface area contributed by atoms with Crippen LogP contribution in [0.3, 0.4) is 0 Å². The van der Waals surface area contributed by atoms with E-state index in [1.165, 1.54) is 25.6 Å². The van der Waals surface area contributed by atoms with Gasteiger partial charge in [0.05, 0.1) is 17.6 Å². The topological polar surface area (TPSA) is 96.9 Å². The van der Waals surface area contributed by atoms with Crippen molar-refractivity contribution in [2.75, 3.05) is 45.2 Å². The summed E-state index contributed by atoms with van der Waals surface area (Å²) in [6.07, 6.45) is 6.83. The minimum atomic E-state index is -0.517. The maximum atomic E-state index is 13.6. The van der Waals surface area contributed by atoms with Gasteiger partial charge in [-0.1, -0.05) is 38.3 Å². The number of piperidine rings is 1. The third-order valence-corrected chi connectivity index (χ3v) is 7.82. The Hall–Kier alpha value is -3.66. The Bertz CT molecular complexity index is 1370. The van der Waals surface area contributed by atoms with Gasteiger partial charge in [0.2, 0.25) is 5.91 Å². The SMILES string of the molecule is CCCCN(CCCC)C(=O)C1CCN(C(=O)COc2cc3c(Nc4ccc(F)c(Cl)c4)ncnc3cc2OC)CC1. The highest BCUT2D eigenvalue weighted by Gasteiger charge is 2.30. The third-order valence-electron chi connectivity index (χ3n) is 7.53. The smallest absolute Gasteiger partial charge is 0.260 e. The predicted octanol–water partition coefficient (Wildman–Crippen LogP) is 6.22. The number of halogens is 2. The van der Waals surface area contributed by atoms with E-state index in [1.807, 2.05) is 4.90 Å². The Morgan fingerprint density at radius 2 is 1.79 bits per heavy atom. The number of aromatic nitrogens is 2. The van der Waals surface area contributed by atoms with Gasteiger partial charge in [-0.25, -0.2) is 14.4 Å². The van der Waals surface area contributed by atoms with Gasteiger partial charge in [-0.15, -0.1) is 0 Å². The zero-order valence-electron chi connectivity index (χ0n) is 24.5. The predicted molar refractivity (Wildman–Crippen MR) is 162 cm³/mol. The molecule has 0 spiro atoms. The molecular weight excluding hydrogens is 561 g/mol. The first-order chi connectivity index (χ1) is 20.3. The van der Waals surface area contributed by atoms with Crippen LogP contribution in [0.25, 0.3) is 10.9 Å². The molecule has 3 aromatic rings. The molecule has 0 atom stereocenters. The van der Waals surface area contributed by atoms with Gasteiger partial charge in [-0.05, 0) is 49.9 Å². The molecule has 1 aromatic heterocycles. The summed E-state index contributed by atoms with van der Waals surface area (Å²) in [5.41, 5.74) is 1.14. The number of anilines is 2. The highest BCUT2D eigenvalue weighted by Crippen LogP contribution is 2.35. The fourth-order valence-electron chi connectivity index (χ4n) is 5.04. The maximum Gasteiger partial charge on any atom is 0.260 e. The average Bonchev–Trinajstić information content (AvgIpc) is 3.01. The van der Waals surface area contributed by atoms with Gasteiger partial charge in [0, 0.05) is 49.2 Å². The Morgan fingerprint density at radius 1 is 1.07 bits per heavy atom. The van der Waals surface area contributed by atoms with Gasteiger partial charge < -0.3 is 24.6 Å². The Kier molecular flexibility index (Phi) is 11.2. The zero-order chi connectivity index (χ0) is 30.1. The van der Waals surface area contributed by atoms with Crippen molar-refractivity contribution in [1.29, 1.82) is 0 Å². The maximum absolute atomic E-state index is 13.6. The molecule has 1 aliphatic rings. The minimum absolute atomic E-state index is 0.0127. The fraction of sp³-hybridized carbons (Fsp3) is 0.484. The molecule has 4 rings (SSSR count). The number of amides is 2. The lowest BCUT2D eigenvalue weighted by molar-refractivity contribution is -0.141. The number of unbranched alkanes of at least 4 members (excludes halogenated alkanes) is 2. The Labute approximate surface area is 251 Å². The number of nitrogens with zero attached hydrogens (tertiary/aromatic N) is 4. The summed E-state index contributed by atoms with van der Waals surface area (Å²) in [5, 5.41) is 3.74. The van der Waals surface area contributed by atoms with E-state index in [0.29, 0.717) is 59.8 Å². The number of carbonyl (C=O) groups is 2. The van der Waals surface area contributed by atoms with Gasteiger partial charge >= 0.3 is 0 Å². The van der Waals surface area contributed by atoms with Crippen LogP contribution in [0.4, 0.5) is 15.9 Å². The van der Waals surface area contributed by atoms with E-state index < -0.39 is 5.82 Å². The van der Waals surface area contributed by atoms with Gasteiger partial charge in [-0.2, -0.15) is 0 Å². The minimum Gasteiger partial charge on any atom is -0.493 e. The second kappa shape index (κ2) is 15.0. The monoisotopic (exact) mass is 599 g/mol. The molecule has 0 unspecified atom stereocenters. The van der Waals surface area contributed by atoms with E-state index in [4.69, 9.17) is 21.1 Å². The van der Waals surface area contributed by atoms with E-state index in [-0.39, 0.29) is 29.4 Å². The van der Waals surface area contributed by atoms with Crippen molar-refractivity contribution in [1.82, 2.24) is 19.8 Å². The van der Waals surface area contributed by atoms with Crippen molar-refractivity contribution >= 4 is 45.8 Å². The van der Waals surface area contributed by atoms with Crippen molar-refractivity contribution in [2.24, 2.45) is 5.92 Å². The molecule has 1 aliphatic heterocycles. The summed E-state index contributed by atoms with van der Waals surface area (Å²) in [5.74, 6) is 0.744. The number of likely N-dealkylation sites (tertiary alicyclic amines) is 1. The van der Waals surface area contributed by atoms with Crippen LogP contribution in [0.5, 0.6) is 11.5 Å². The number of hydrogen-bond donors (Lipinski definition) is 1. The third kappa shape index (κ3) is 7.79. The van der Waals surface area contributed by atoms with E-state index in [1.54, 1.807) is 23.1 Å². The number of benzene rings is 2. The average molecular weight is 600 g/mol. The first-order valence-corrected chi connectivity index (χ1v) is 15.0.